The summed E-state index contributed by atoms with van der Waals surface area (Å²) in [6, 6.07) is 15.9. The Morgan fingerprint density at radius 3 is 2.50 bits per heavy atom. The van der Waals surface area contributed by atoms with Gasteiger partial charge in [-0.3, -0.25) is 0 Å². The second-order valence-corrected chi connectivity index (χ2v) is 9.42. The number of anilines is 3. The van der Waals surface area contributed by atoms with E-state index in [-0.39, 0.29) is 11.3 Å². The fourth-order valence-corrected chi connectivity index (χ4v) is 4.27. The van der Waals surface area contributed by atoms with Gasteiger partial charge in [0.15, 0.2) is 0 Å². The first-order chi connectivity index (χ1) is 14.3. The van der Waals surface area contributed by atoms with Crippen LogP contribution in [0.25, 0.3) is 10.9 Å². The van der Waals surface area contributed by atoms with Gasteiger partial charge in [0.25, 0.3) is 0 Å². The second kappa shape index (κ2) is 8.32. The average Bonchev–Trinajstić information content (AvgIpc) is 2.69. The van der Waals surface area contributed by atoms with E-state index < -0.39 is 0 Å². The van der Waals surface area contributed by atoms with Gasteiger partial charge in [-0.25, -0.2) is 4.98 Å². The highest BCUT2D eigenvalue weighted by Crippen LogP contribution is 2.34. The number of piperidine rings is 1. The van der Waals surface area contributed by atoms with Crippen LogP contribution in [-0.4, -0.2) is 34.8 Å². The molecule has 158 valence electrons. The molecule has 1 fully saturated rings. The van der Waals surface area contributed by atoms with Crippen LogP contribution in [0.15, 0.2) is 48.5 Å². The van der Waals surface area contributed by atoms with Crippen molar-refractivity contribution < 1.29 is 5.11 Å². The predicted molar refractivity (Wildman–Crippen MR) is 126 cm³/mol. The Kier molecular flexibility index (Phi) is 5.76. The largest absolute Gasteiger partial charge is 0.506 e. The number of fused-ring (bicyclic) bond motifs is 1. The molecule has 0 amide bonds. The summed E-state index contributed by atoms with van der Waals surface area (Å²) in [4.78, 5) is 7.20. The standard InChI is InChI=1S/C24H29ClN4O/c1-24(2,3)28-17-10-12-29(13-11-17)21-15-23(26-19-7-5-4-6-18(19)21)27-20-9-8-16(25)14-22(20)30/h4-9,14-15,17,28,30H,10-13H2,1-3H3,(H,26,27). The van der Waals surface area contributed by atoms with E-state index in [0.717, 1.165) is 36.8 Å². The highest BCUT2D eigenvalue weighted by atomic mass is 35.5. The molecule has 0 unspecified atom stereocenters. The summed E-state index contributed by atoms with van der Waals surface area (Å²) >= 11 is 5.96. The van der Waals surface area contributed by atoms with Crippen molar-refractivity contribution in [3.63, 3.8) is 0 Å². The van der Waals surface area contributed by atoms with Crippen molar-refractivity contribution >= 4 is 39.7 Å². The number of nitrogens with zero attached hydrogens (tertiary/aromatic N) is 2. The number of aromatic nitrogens is 1. The van der Waals surface area contributed by atoms with Crippen molar-refractivity contribution in [2.75, 3.05) is 23.3 Å². The molecule has 30 heavy (non-hydrogen) atoms. The maximum absolute atomic E-state index is 10.2. The van der Waals surface area contributed by atoms with Gasteiger partial charge in [0.2, 0.25) is 0 Å². The molecule has 1 aromatic heterocycles. The normalized spacial score (nSPS) is 15.5. The Balaban J connectivity index is 1.61. The van der Waals surface area contributed by atoms with Gasteiger partial charge in [-0.1, -0.05) is 29.8 Å². The minimum absolute atomic E-state index is 0.105. The van der Waals surface area contributed by atoms with Crippen molar-refractivity contribution in [1.29, 1.82) is 0 Å². The minimum Gasteiger partial charge on any atom is -0.506 e. The molecule has 0 aliphatic carbocycles. The van der Waals surface area contributed by atoms with Gasteiger partial charge in [0.05, 0.1) is 11.2 Å². The maximum Gasteiger partial charge on any atom is 0.140 e. The van der Waals surface area contributed by atoms with Crippen LogP contribution >= 0.6 is 11.6 Å². The van der Waals surface area contributed by atoms with Crippen LogP contribution < -0.4 is 15.5 Å². The molecule has 1 aliphatic rings. The summed E-state index contributed by atoms with van der Waals surface area (Å²) in [5, 5.41) is 18.8. The highest BCUT2D eigenvalue weighted by Gasteiger charge is 2.24. The molecule has 0 radical (unpaired) electrons. The fourth-order valence-electron chi connectivity index (χ4n) is 4.11. The predicted octanol–water partition coefficient (Wildman–Crippen LogP) is 5.69. The van der Waals surface area contributed by atoms with Crippen molar-refractivity contribution in [2.45, 2.75) is 45.2 Å². The Morgan fingerprint density at radius 1 is 1.07 bits per heavy atom. The van der Waals surface area contributed by atoms with Gasteiger partial charge in [-0.15, -0.1) is 0 Å². The summed E-state index contributed by atoms with van der Waals surface area (Å²) in [6.07, 6.45) is 2.21. The number of halogens is 1. The molecular formula is C24H29ClN4O. The summed E-state index contributed by atoms with van der Waals surface area (Å²) < 4.78 is 0. The van der Waals surface area contributed by atoms with Crippen molar-refractivity contribution in [3.8, 4) is 5.75 Å². The lowest BCUT2D eigenvalue weighted by atomic mass is 9.99. The Bertz CT molecular complexity index is 1040. The molecule has 3 N–H and O–H groups in total. The lowest BCUT2D eigenvalue weighted by Gasteiger charge is -2.37. The van der Waals surface area contributed by atoms with Crippen LogP contribution in [0, 0.1) is 0 Å². The molecule has 1 saturated heterocycles. The van der Waals surface area contributed by atoms with Crippen molar-refractivity contribution in [2.24, 2.45) is 0 Å². The molecule has 0 bridgehead atoms. The number of phenols is 1. The molecule has 0 atom stereocenters. The number of rotatable bonds is 4. The lowest BCUT2D eigenvalue weighted by molar-refractivity contribution is 0.317. The molecular weight excluding hydrogens is 396 g/mol. The van der Waals surface area contributed by atoms with Crippen LogP contribution in [-0.2, 0) is 0 Å². The maximum atomic E-state index is 10.2. The lowest BCUT2D eigenvalue weighted by Crippen LogP contribution is -2.49. The molecule has 6 heteroatoms. The Labute approximate surface area is 183 Å². The van der Waals surface area contributed by atoms with Crippen LogP contribution in [0.5, 0.6) is 5.75 Å². The quantitative estimate of drug-likeness (QED) is 0.469. The van der Waals surface area contributed by atoms with E-state index in [1.807, 2.05) is 12.1 Å². The van der Waals surface area contributed by atoms with Crippen LogP contribution in [0.4, 0.5) is 17.2 Å². The molecule has 2 heterocycles. The van der Waals surface area contributed by atoms with Crippen molar-refractivity contribution in [1.82, 2.24) is 10.3 Å². The first-order valence-corrected chi connectivity index (χ1v) is 10.8. The summed E-state index contributed by atoms with van der Waals surface area (Å²) in [5.74, 6) is 0.810. The molecule has 0 spiro atoms. The Morgan fingerprint density at radius 2 is 1.80 bits per heavy atom. The average molecular weight is 425 g/mol. The molecule has 1 aliphatic heterocycles. The third-order valence-electron chi connectivity index (χ3n) is 5.39. The first kappa shape index (κ1) is 20.8. The molecule has 4 rings (SSSR count). The third-order valence-corrected chi connectivity index (χ3v) is 5.62. The Hall–Kier alpha value is -2.50. The van der Waals surface area contributed by atoms with E-state index in [1.54, 1.807) is 12.1 Å². The van der Waals surface area contributed by atoms with Crippen LogP contribution in [0.2, 0.25) is 5.02 Å². The zero-order chi connectivity index (χ0) is 21.3. The molecule has 5 nitrogen and oxygen atoms in total. The second-order valence-electron chi connectivity index (χ2n) is 8.99. The molecule has 2 aromatic carbocycles. The van der Waals surface area contributed by atoms with E-state index in [1.165, 1.54) is 11.8 Å². The van der Waals surface area contributed by atoms with Gasteiger partial charge in [0, 0.05) is 52.9 Å². The van der Waals surface area contributed by atoms with E-state index in [9.17, 15) is 5.11 Å². The SMILES string of the molecule is CC(C)(C)NC1CCN(c2cc(Nc3ccc(Cl)cc3O)nc3ccccc23)CC1. The van der Waals surface area contributed by atoms with E-state index in [2.05, 4.69) is 54.5 Å². The van der Waals surface area contributed by atoms with E-state index in [0.29, 0.717) is 22.6 Å². The van der Waals surface area contributed by atoms with Gasteiger partial charge in [-0.05, 0) is 51.8 Å². The van der Waals surface area contributed by atoms with E-state index >= 15 is 0 Å². The molecule has 0 saturated carbocycles. The first-order valence-electron chi connectivity index (χ1n) is 10.5. The smallest absolute Gasteiger partial charge is 0.140 e. The fraction of sp³-hybridized carbons (Fsp3) is 0.375. The number of nitrogens with one attached hydrogen (secondary N) is 2. The number of phenolic OH excluding ortho intramolecular Hbond substituents is 1. The third kappa shape index (κ3) is 4.79. The van der Waals surface area contributed by atoms with Gasteiger partial charge in [-0.2, -0.15) is 0 Å². The molecule has 3 aromatic rings. The zero-order valence-corrected chi connectivity index (χ0v) is 18.5. The van der Waals surface area contributed by atoms with Gasteiger partial charge in [0.1, 0.15) is 11.6 Å². The number of hydrogen-bond donors (Lipinski definition) is 3. The van der Waals surface area contributed by atoms with Crippen LogP contribution in [0.3, 0.4) is 0 Å². The number of hydrogen-bond acceptors (Lipinski definition) is 5. The summed E-state index contributed by atoms with van der Waals surface area (Å²) in [5.41, 5.74) is 2.82. The van der Waals surface area contributed by atoms with Crippen molar-refractivity contribution in [3.05, 3.63) is 53.6 Å². The minimum atomic E-state index is 0.105. The number of pyridine rings is 1. The van der Waals surface area contributed by atoms with Crippen LogP contribution in [0.1, 0.15) is 33.6 Å². The monoisotopic (exact) mass is 424 g/mol. The van der Waals surface area contributed by atoms with E-state index in [4.69, 9.17) is 16.6 Å². The summed E-state index contributed by atoms with van der Waals surface area (Å²) in [7, 11) is 0. The number of aromatic hydroxyl groups is 1. The highest BCUT2D eigenvalue weighted by molar-refractivity contribution is 6.30. The topological polar surface area (TPSA) is 60.4 Å². The van der Waals surface area contributed by atoms with Gasteiger partial charge >= 0.3 is 0 Å². The number of para-hydroxylation sites is 1. The van der Waals surface area contributed by atoms with Gasteiger partial charge < -0.3 is 20.6 Å². The number of benzene rings is 2. The zero-order valence-electron chi connectivity index (χ0n) is 17.7. The summed E-state index contributed by atoms with van der Waals surface area (Å²) in [6.45, 7) is 8.65.